The van der Waals surface area contributed by atoms with Gasteiger partial charge in [-0.05, 0) is 51.5 Å². The summed E-state index contributed by atoms with van der Waals surface area (Å²) in [5.41, 5.74) is 1.18. The molecule has 0 aliphatic heterocycles. The lowest BCUT2D eigenvalue weighted by atomic mass is 9.89. The van der Waals surface area contributed by atoms with E-state index in [9.17, 15) is 9.90 Å². The van der Waals surface area contributed by atoms with Crippen LogP contribution in [0.5, 0.6) is 0 Å². The Labute approximate surface area is 164 Å². The van der Waals surface area contributed by atoms with Crippen molar-refractivity contribution in [2.24, 2.45) is 5.92 Å². The van der Waals surface area contributed by atoms with Crippen LogP contribution in [0.3, 0.4) is 0 Å². The first-order valence-electron chi connectivity index (χ1n) is 9.92. The molecule has 0 amide bonds. The second kappa shape index (κ2) is 8.82. The van der Waals surface area contributed by atoms with Gasteiger partial charge in [0.2, 0.25) is 0 Å². The lowest BCUT2D eigenvalue weighted by Gasteiger charge is -2.28. The van der Waals surface area contributed by atoms with E-state index in [1.165, 1.54) is 10.4 Å². The minimum absolute atomic E-state index is 0.0272. The first kappa shape index (κ1) is 20.5. The zero-order valence-electron chi connectivity index (χ0n) is 16.7. The normalized spacial score (nSPS) is 18.4. The number of aromatic nitrogens is 2. The lowest BCUT2D eigenvalue weighted by Crippen LogP contribution is -2.39. The molecule has 0 saturated heterocycles. The van der Waals surface area contributed by atoms with Gasteiger partial charge < -0.3 is 14.8 Å². The van der Waals surface area contributed by atoms with Crippen LogP contribution in [-0.2, 0) is 24.1 Å². The van der Waals surface area contributed by atoms with Gasteiger partial charge in [0, 0.05) is 24.1 Å². The van der Waals surface area contributed by atoms with Crippen LogP contribution in [0, 0.1) is 5.92 Å². The third-order valence-corrected chi connectivity index (χ3v) is 6.41. The maximum atomic E-state index is 12.8. The Hall–Kier alpha value is -1.28. The summed E-state index contributed by atoms with van der Waals surface area (Å²) in [5, 5.41) is 11.0. The van der Waals surface area contributed by atoms with Crippen LogP contribution in [0.15, 0.2) is 4.79 Å². The highest BCUT2D eigenvalue weighted by Gasteiger charge is 2.24. The van der Waals surface area contributed by atoms with Crippen molar-refractivity contribution in [2.45, 2.75) is 65.6 Å². The van der Waals surface area contributed by atoms with Crippen molar-refractivity contribution in [3.8, 4) is 0 Å². The summed E-state index contributed by atoms with van der Waals surface area (Å²) < 4.78 is 5.31. The minimum Gasteiger partial charge on any atom is -0.389 e. The van der Waals surface area contributed by atoms with Crippen molar-refractivity contribution >= 4 is 21.6 Å². The number of nitrogens with zero attached hydrogens (tertiary/aromatic N) is 2. The molecule has 0 fully saturated rings. The van der Waals surface area contributed by atoms with Gasteiger partial charge >= 0.3 is 0 Å². The summed E-state index contributed by atoms with van der Waals surface area (Å²) in [6, 6.07) is 0.222. The number of hydrogen-bond donors (Lipinski definition) is 2. The second-order valence-corrected chi connectivity index (χ2v) is 8.96. The van der Waals surface area contributed by atoms with E-state index >= 15 is 0 Å². The largest absolute Gasteiger partial charge is 0.389 e. The molecule has 1 aliphatic rings. The van der Waals surface area contributed by atoms with E-state index in [0.29, 0.717) is 38.0 Å². The molecule has 0 saturated carbocycles. The van der Waals surface area contributed by atoms with E-state index in [-0.39, 0.29) is 11.6 Å². The number of hydrogen-bond acceptors (Lipinski definition) is 6. The van der Waals surface area contributed by atoms with Crippen LogP contribution < -0.4 is 5.56 Å². The standard InChI is InChI=1S/C20H31N3O3S/c1-5-26-11-14(24)9-23(12(2)3)10-17-21-19(25)18-15-7-6-13(4)8-16(15)27-20(18)22-17/h12-14,24H,5-11H2,1-4H3,(H,21,22,25)/t13-,14+/m1/s1. The van der Waals surface area contributed by atoms with Crippen LogP contribution in [0.1, 0.15) is 50.4 Å². The molecule has 0 spiro atoms. The van der Waals surface area contributed by atoms with Gasteiger partial charge in [0.15, 0.2) is 0 Å². The Kier molecular flexibility index (Phi) is 6.68. The highest BCUT2D eigenvalue weighted by molar-refractivity contribution is 7.18. The fourth-order valence-corrected chi connectivity index (χ4v) is 5.10. The average molecular weight is 394 g/mol. The van der Waals surface area contributed by atoms with Gasteiger partial charge in [0.25, 0.3) is 5.56 Å². The fourth-order valence-electron chi connectivity index (χ4n) is 3.70. The van der Waals surface area contributed by atoms with Crippen molar-refractivity contribution in [1.29, 1.82) is 0 Å². The maximum absolute atomic E-state index is 12.8. The predicted octanol–water partition coefficient (Wildman–Crippen LogP) is 2.72. The van der Waals surface area contributed by atoms with Gasteiger partial charge in [-0.3, -0.25) is 9.69 Å². The summed E-state index contributed by atoms with van der Waals surface area (Å²) in [5.74, 6) is 1.34. The van der Waals surface area contributed by atoms with E-state index < -0.39 is 6.10 Å². The number of H-pyrrole nitrogens is 1. The summed E-state index contributed by atoms with van der Waals surface area (Å²) in [4.78, 5) is 24.8. The van der Waals surface area contributed by atoms with E-state index in [1.807, 2.05) is 6.92 Å². The number of rotatable bonds is 8. The number of aliphatic hydroxyl groups excluding tert-OH is 1. The van der Waals surface area contributed by atoms with Crippen molar-refractivity contribution in [3.63, 3.8) is 0 Å². The van der Waals surface area contributed by atoms with Crippen LogP contribution in [0.4, 0.5) is 0 Å². The van der Waals surface area contributed by atoms with Crippen molar-refractivity contribution in [1.82, 2.24) is 14.9 Å². The maximum Gasteiger partial charge on any atom is 0.259 e. The highest BCUT2D eigenvalue weighted by atomic mass is 32.1. The molecule has 2 N–H and O–H groups in total. The van der Waals surface area contributed by atoms with Crippen molar-refractivity contribution in [3.05, 3.63) is 26.6 Å². The third-order valence-electron chi connectivity index (χ3n) is 5.26. The fraction of sp³-hybridized carbons (Fsp3) is 0.700. The molecule has 1 aliphatic carbocycles. The van der Waals surface area contributed by atoms with Gasteiger partial charge in [-0.1, -0.05) is 6.92 Å². The third kappa shape index (κ3) is 4.77. The minimum atomic E-state index is -0.557. The molecule has 150 valence electrons. The first-order chi connectivity index (χ1) is 12.9. The topological polar surface area (TPSA) is 78.5 Å². The summed E-state index contributed by atoms with van der Waals surface area (Å²) >= 11 is 1.67. The van der Waals surface area contributed by atoms with Crippen LogP contribution in [0.25, 0.3) is 10.2 Å². The second-order valence-electron chi connectivity index (χ2n) is 7.88. The molecule has 0 bridgehead atoms. The molecule has 2 aromatic rings. The van der Waals surface area contributed by atoms with E-state index in [2.05, 4.69) is 30.7 Å². The van der Waals surface area contributed by atoms with E-state index in [0.717, 1.165) is 29.5 Å². The molecule has 2 heterocycles. The Morgan fingerprint density at radius 3 is 2.93 bits per heavy atom. The van der Waals surface area contributed by atoms with Gasteiger partial charge in [-0.15, -0.1) is 11.3 Å². The summed E-state index contributed by atoms with van der Waals surface area (Å²) in [6.07, 6.45) is 2.60. The molecule has 0 aromatic carbocycles. The van der Waals surface area contributed by atoms with Crippen molar-refractivity contribution < 1.29 is 9.84 Å². The van der Waals surface area contributed by atoms with Crippen LogP contribution >= 0.6 is 11.3 Å². The Morgan fingerprint density at radius 2 is 2.22 bits per heavy atom. The Balaban J connectivity index is 1.82. The zero-order chi connectivity index (χ0) is 19.6. The quantitative estimate of drug-likeness (QED) is 0.721. The molecule has 6 nitrogen and oxygen atoms in total. The monoisotopic (exact) mass is 393 g/mol. The molecule has 27 heavy (non-hydrogen) atoms. The predicted molar refractivity (Wildman–Crippen MR) is 109 cm³/mol. The zero-order valence-corrected chi connectivity index (χ0v) is 17.6. The van der Waals surface area contributed by atoms with Gasteiger partial charge in [0.1, 0.15) is 10.7 Å². The van der Waals surface area contributed by atoms with Crippen LogP contribution in [0.2, 0.25) is 0 Å². The van der Waals surface area contributed by atoms with E-state index in [4.69, 9.17) is 9.72 Å². The van der Waals surface area contributed by atoms with Gasteiger partial charge in [-0.25, -0.2) is 4.98 Å². The highest BCUT2D eigenvalue weighted by Crippen LogP contribution is 2.35. The van der Waals surface area contributed by atoms with E-state index in [1.54, 1.807) is 11.3 Å². The Bertz CT molecular complexity index is 830. The molecular weight excluding hydrogens is 362 g/mol. The first-order valence-corrected chi connectivity index (χ1v) is 10.7. The van der Waals surface area contributed by atoms with Gasteiger partial charge in [0.05, 0.1) is 24.6 Å². The summed E-state index contributed by atoms with van der Waals surface area (Å²) in [7, 11) is 0. The number of nitrogens with one attached hydrogen (secondary N) is 1. The lowest BCUT2D eigenvalue weighted by molar-refractivity contribution is 0.0127. The number of ether oxygens (including phenoxy) is 1. The molecule has 3 rings (SSSR count). The summed E-state index contributed by atoms with van der Waals surface area (Å²) in [6.45, 7) is 10.2. The Morgan fingerprint density at radius 1 is 1.44 bits per heavy atom. The molecule has 0 unspecified atom stereocenters. The number of aliphatic hydroxyl groups is 1. The molecule has 0 radical (unpaired) electrons. The number of aryl methyl sites for hydroxylation is 1. The van der Waals surface area contributed by atoms with Crippen molar-refractivity contribution in [2.75, 3.05) is 19.8 Å². The average Bonchev–Trinajstić information content (AvgIpc) is 2.96. The van der Waals surface area contributed by atoms with Crippen LogP contribution in [-0.4, -0.2) is 51.9 Å². The van der Waals surface area contributed by atoms with Gasteiger partial charge in [-0.2, -0.15) is 0 Å². The smallest absolute Gasteiger partial charge is 0.259 e. The molecule has 2 aromatic heterocycles. The molecule has 2 atom stereocenters. The number of fused-ring (bicyclic) bond motifs is 3. The number of thiophene rings is 1. The molecule has 7 heteroatoms. The molecular formula is C20H31N3O3S. The SMILES string of the molecule is CCOC[C@@H](O)CN(Cc1nc2sc3c(c2c(=O)[nH]1)CC[C@@H](C)C3)C(C)C. The number of aromatic amines is 1.